The zero-order valence-electron chi connectivity index (χ0n) is 13.3. The molecule has 0 unspecified atom stereocenters. The molecule has 0 bridgehead atoms. The third-order valence-corrected chi connectivity index (χ3v) is 5.78. The first-order chi connectivity index (χ1) is 11.9. The highest BCUT2D eigenvalue weighted by Crippen LogP contribution is 2.24. The lowest BCUT2D eigenvalue weighted by atomic mass is 10.1. The van der Waals surface area contributed by atoms with Crippen LogP contribution in [0, 0.1) is 0 Å². The minimum Gasteiger partial charge on any atom is -0.497 e. The molecule has 3 aromatic rings. The molecule has 1 N–H and O–H groups in total. The van der Waals surface area contributed by atoms with Crippen LogP contribution in [0.4, 0.5) is 0 Å². The van der Waals surface area contributed by atoms with E-state index in [9.17, 15) is 8.42 Å². The Balaban J connectivity index is 1.85. The number of benzene rings is 3. The molecule has 3 rings (SSSR count). The van der Waals surface area contributed by atoms with Crippen LogP contribution in [-0.4, -0.2) is 15.5 Å². The number of nitrogens with one attached hydrogen (secondary N) is 1. The molecule has 0 saturated carbocycles. The Morgan fingerprint density at radius 1 is 0.960 bits per heavy atom. The Kier molecular flexibility index (Phi) is 5.20. The number of fused-ring (bicyclic) bond motifs is 1. The molecule has 0 heterocycles. The second kappa shape index (κ2) is 7.22. The van der Waals surface area contributed by atoms with E-state index in [1.807, 2.05) is 12.1 Å². The van der Waals surface area contributed by atoms with E-state index in [0.717, 1.165) is 16.5 Å². The van der Waals surface area contributed by atoms with Crippen LogP contribution >= 0.6 is 23.2 Å². The summed E-state index contributed by atoms with van der Waals surface area (Å²) < 4.78 is 32.8. The molecule has 0 aliphatic heterocycles. The third-order valence-electron chi connectivity index (χ3n) is 3.80. The molecule has 4 nitrogen and oxygen atoms in total. The Morgan fingerprint density at radius 3 is 2.40 bits per heavy atom. The van der Waals surface area contributed by atoms with Crippen molar-refractivity contribution >= 4 is 44.0 Å². The first kappa shape index (κ1) is 18.0. The van der Waals surface area contributed by atoms with Gasteiger partial charge in [0.05, 0.1) is 12.0 Å². The maximum Gasteiger partial charge on any atom is 0.240 e. The summed E-state index contributed by atoms with van der Waals surface area (Å²) in [4.78, 5) is 0.190. The normalized spacial score (nSPS) is 11.6. The highest BCUT2D eigenvalue weighted by atomic mass is 35.5. The Hall–Kier alpha value is -1.79. The van der Waals surface area contributed by atoms with Gasteiger partial charge < -0.3 is 4.74 Å². The number of hydrogen-bond acceptors (Lipinski definition) is 3. The summed E-state index contributed by atoms with van der Waals surface area (Å²) >= 11 is 11.9. The van der Waals surface area contributed by atoms with Gasteiger partial charge in [0, 0.05) is 16.6 Å². The van der Waals surface area contributed by atoms with Crippen LogP contribution in [0.25, 0.3) is 10.8 Å². The van der Waals surface area contributed by atoms with Crippen molar-refractivity contribution in [3.8, 4) is 5.75 Å². The molecular formula is C18H15Cl2NO3S. The van der Waals surface area contributed by atoms with Gasteiger partial charge in [0.1, 0.15) is 5.75 Å². The summed E-state index contributed by atoms with van der Waals surface area (Å²) in [5.74, 6) is 0.721. The topological polar surface area (TPSA) is 55.4 Å². The molecule has 0 spiro atoms. The van der Waals surface area contributed by atoms with Crippen LogP contribution in [-0.2, 0) is 16.6 Å². The fourth-order valence-corrected chi connectivity index (χ4v) is 3.93. The Morgan fingerprint density at radius 2 is 1.68 bits per heavy atom. The molecule has 0 aliphatic rings. The molecule has 0 aromatic heterocycles. The van der Waals surface area contributed by atoms with E-state index >= 15 is 0 Å². The van der Waals surface area contributed by atoms with Crippen LogP contribution < -0.4 is 9.46 Å². The Labute approximate surface area is 156 Å². The molecule has 25 heavy (non-hydrogen) atoms. The van der Waals surface area contributed by atoms with E-state index < -0.39 is 10.0 Å². The number of methoxy groups -OCH3 is 1. The van der Waals surface area contributed by atoms with Gasteiger partial charge in [0.15, 0.2) is 0 Å². The van der Waals surface area contributed by atoms with Crippen LogP contribution in [0.3, 0.4) is 0 Å². The zero-order chi connectivity index (χ0) is 18.0. The van der Waals surface area contributed by atoms with Crippen molar-refractivity contribution in [3.63, 3.8) is 0 Å². The van der Waals surface area contributed by atoms with Gasteiger partial charge in [0.25, 0.3) is 0 Å². The first-order valence-electron chi connectivity index (χ1n) is 7.40. The largest absolute Gasteiger partial charge is 0.497 e. The van der Waals surface area contributed by atoms with E-state index in [4.69, 9.17) is 27.9 Å². The molecule has 0 amide bonds. The minimum absolute atomic E-state index is 0.0823. The highest BCUT2D eigenvalue weighted by molar-refractivity contribution is 7.89. The van der Waals surface area contributed by atoms with Gasteiger partial charge in [-0.15, -0.1) is 0 Å². The number of ether oxygens (including phenoxy) is 1. The van der Waals surface area contributed by atoms with Crippen molar-refractivity contribution < 1.29 is 13.2 Å². The summed E-state index contributed by atoms with van der Waals surface area (Å²) in [6.45, 7) is 0.0823. The second-order valence-electron chi connectivity index (χ2n) is 5.44. The van der Waals surface area contributed by atoms with Crippen molar-refractivity contribution in [3.05, 3.63) is 70.2 Å². The van der Waals surface area contributed by atoms with E-state index in [-0.39, 0.29) is 11.4 Å². The monoisotopic (exact) mass is 395 g/mol. The van der Waals surface area contributed by atoms with Gasteiger partial charge in [0.2, 0.25) is 10.0 Å². The molecule has 7 heteroatoms. The van der Waals surface area contributed by atoms with Crippen molar-refractivity contribution in [2.24, 2.45) is 0 Å². The SMILES string of the molecule is COc1ccc2cc(S(=O)(=O)NCc3ccc(Cl)cc3Cl)ccc2c1. The molecule has 130 valence electrons. The van der Waals surface area contributed by atoms with E-state index in [2.05, 4.69) is 4.72 Å². The fourth-order valence-electron chi connectivity index (χ4n) is 2.42. The highest BCUT2D eigenvalue weighted by Gasteiger charge is 2.15. The summed E-state index contributed by atoms with van der Waals surface area (Å²) in [6.07, 6.45) is 0. The van der Waals surface area contributed by atoms with Gasteiger partial charge in [-0.1, -0.05) is 41.4 Å². The van der Waals surface area contributed by atoms with Crippen LogP contribution in [0.5, 0.6) is 5.75 Å². The summed E-state index contributed by atoms with van der Waals surface area (Å²) in [5.41, 5.74) is 0.653. The van der Waals surface area contributed by atoms with Crippen LogP contribution in [0.15, 0.2) is 59.5 Å². The molecule has 0 aliphatic carbocycles. The van der Waals surface area contributed by atoms with Gasteiger partial charge >= 0.3 is 0 Å². The number of sulfonamides is 1. The average Bonchev–Trinajstić information content (AvgIpc) is 2.60. The van der Waals surface area contributed by atoms with Gasteiger partial charge in [-0.25, -0.2) is 13.1 Å². The number of hydrogen-bond donors (Lipinski definition) is 1. The van der Waals surface area contributed by atoms with E-state index in [0.29, 0.717) is 15.6 Å². The summed E-state index contributed by atoms with van der Waals surface area (Å²) in [5, 5.41) is 2.63. The lowest BCUT2D eigenvalue weighted by Crippen LogP contribution is -2.23. The van der Waals surface area contributed by atoms with Gasteiger partial charge in [-0.05, 0) is 52.7 Å². The molecule has 0 saturated heterocycles. The first-order valence-corrected chi connectivity index (χ1v) is 9.64. The fraction of sp³-hybridized carbons (Fsp3) is 0.111. The maximum absolute atomic E-state index is 12.5. The molecule has 0 atom stereocenters. The zero-order valence-corrected chi connectivity index (χ0v) is 15.6. The quantitative estimate of drug-likeness (QED) is 0.684. The molecule has 0 fully saturated rings. The number of rotatable bonds is 5. The van der Waals surface area contributed by atoms with E-state index in [1.165, 1.54) is 0 Å². The number of halogens is 2. The van der Waals surface area contributed by atoms with Crippen LogP contribution in [0.1, 0.15) is 5.56 Å². The van der Waals surface area contributed by atoms with E-state index in [1.54, 1.807) is 49.6 Å². The smallest absolute Gasteiger partial charge is 0.240 e. The lowest BCUT2D eigenvalue weighted by molar-refractivity contribution is 0.415. The maximum atomic E-state index is 12.5. The average molecular weight is 396 g/mol. The lowest BCUT2D eigenvalue weighted by Gasteiger charge is -2.10. The van der Waals surface area contributed by atoms with Gasteiger partial charge in [-0.2, -0.15) is 0 Å². The van der Waals surface area contributed by atoms with Crippen molar-refractivity contribution in [1.29, 1.82) is 0 Å². The second-order valence-corrected chi connectivity index (χ2v) is 8.05. The predicted molar refractivity (Wildman–Crippen MR) is 101 cm³/mol. The van der Waals surface area contributed by atoms with Crippen LogP contribution in [0.2, 0.25) is 10.0 Å². The summed E-state index contributed by atoms with van der Waals surface area (Å²) in [7, 11) is -2.08. The van der Waals surface area contributed by atoms with Gasteiger partial charge in [-0.3, -0.25) is 0 Å². The molecule has 3 aromatic carbocycles. The summed E-state index contributed by atoms with van der Waals surface area (Å²) in [6, 6.07) is 15.3. The van der Waals surface area contributed by atoms with Crippen molar-refractivity contribution in [2.45, 2.75) is 11.4 Å². The minimum atomic E-state index is -3.67. The molecular weight excluding hydrogens is 381 g/mol. The molecule has 0 radical (unpaired) electrons. The standard InChI is InChI=1S/C18H15Cl2NO3S/c1-24-16-6-3-13-9-17(7-4-12(13)8-16)25(22,23)21-11-14-2-5-15(19)10-18(14)20/h2-10,21H,11H2,1H3. The Bertz CT molecular complexity index is 1040. The van der Waals surface area contributed by atoms with Crippen molar-refractivity contribution in [2.75, 3.05) is 7.11 Å². The predicted octanol–water partition coefficient (Wildman–Crippen LogP) is 4.63. The third kappa shape index (κ3) is 4.07. The van der Waals surface area contributed by atoms with Crippen molar-refractivity contribution in [1.82, 2.24) is 4.72 Å².